The summed E-state index contributed by atoms with van der Waals surface area (Å²) in [6.07, 6.45) is -2.72. The second-order valence-electron chi connectivity index (χ2n) is 10.5. The van der Waals surface area contributed by atoms with Crippen molar-refractivity contribution in [2.45, 2.75) is 74.9 Å². The number of fused-ring (bicyclic) bond motifs is 1. The van der Waals surface area contributed by atoms with E-state index >= 15 is 0 Å². The van der Waals surface area contributed by atoms with Crippen LogP contribution in [-0.2, 0) is 34.8 Å². The summed E-state index contributed by atoms with van der Waals surface area (Å²) in [5.74, 6) is -1.79. The molecule has 9 nitrogen and oxygen atoms in total. The van der Waals surface area contributed by atoms with E-state index in [1.54, 1.807) is 13.8 Å². The van der Waals surface area contributed by atoms with E-state index in [0.29, 0.717) is 18.1 Å². The fourth-order valence-corrected chi connectivity index (χ4v) is 5.61. The minimum atomic E-state index is -1.31. The molecule has 2 aromatic rings. The summed E-state index contributed by atoms with van der Waals surface area (Å²) in [7, 11) is 2.99. The van der Waals surface area contributed by atoms with Gasteiger partial charge in [-0.05, 0) is 55.2 Å². The second kappa shape index (κ2) is 11.6. The van der Waals surface area contributed by atoms with Gasteiger partial charge in [0.05, 0.1) is 19.8 Å². The lowest BCUT2D eigenvalue weighted by molar-refractivity contribution is -0.473. The average Bonchev–Trinajstić information content (AvgIpc) is 3.45. The molecule has 0 aliphatic carbocycles. The molecule has 39 heavy (non-hydrogen) atoms. The molecular formula is C29H37ClO9. The van der Waals surface area contributed by atoms with Gasteiger partial charge >= 0.3 is 0 Å². The third-order valence-electron chi connectivity index (χ3n) is 8.07. The minimum absolute atomic E-state index is 0.0928. The lowest BCUT2D eigenvalue weighted by Gasteiger charge is -2.56. The molecule has 0 aromatic heterocycles. The summed E-state index contributed by atoms with van der Waals surface area (Å²) in [6, 6.07) is 13.6. The normalized spacial score (nSPS) is 36.5. The number of hydrogen-bond donors (Lipinski definition) is 2. The molecule has 8 atom stereocenters. The number of aliphatic hydroxyl groups is 2. The van der Waals surface area contributed by atoms with E-state index < -0.39 is 48.7 Å². The van der Waals surface area contributed by atoms with Gasteiger partial charge in [-0.15, -0.1) is 0 Å². The van der Waals surface area contributed by atoms with Crippen LogP contribution in [0.5, 0.6) is 5.75 Å². The predicted octanol–water partition coefficient (Wildman–Crippen LogP) is 3.40. The van der Waals surface area contributed by atoms with E-state index in [0.717, 1.165) is 35.5 Å². The van der Waals surface area contributed by atoms with Crippen molar-refractivity contribution in [3.8, 4) is 5.75 Å². The van der Waals surface area contributed by atoms with Gasteiger partial charge in [0, 0.05) is 25.7 Å². The molecule has 3 heterocycles. The van der Waals surface area contributed by atoms with E-state index in [2.05, 4.69) is 0 Å². The van der Waals surface area contributed by atoms with E-state index in [9.17, 15) is 10.2 Å². The Labute approximate surface area is 233 Å². The highest BCUT2D eigenvalue weighted by Crippen LogP contribution is 2.47. The molecule has 5 rings (SSSR count). The van der Waals surface area contributed by atoms with Gasteiger partial charge in [0.15, 0.2) is 0 Å². The quantitative estimate of drug-likeness (QED) is 0.499. The molecule has 2 N–H and O–H groups in total. The van der Waals surface area contributed by atoms with E-state index in [4.69, 9.17) is 44.8 Å². The SMILES string of the molecule is COC1(C)O[C@@H]2[C@@H](OC1(C)OC)[C@H](O)[C@@H](CO)O[C@H]2c1ccc(Cl)c(Cc2ccc(O[C@H]3CCOC3)cc2)c1. The first-order valence-corrected chi connectivity index (χ1v) is 13.6. The summed E-state index contributed by atoms with van der Waals surface area (Å²) in [6.45, 7) is 4.37. The first-order valence-electron chi connectivity index (χ1n) is 13.2. The molecular weight excluding hydrogens is 528 g/mol. The van der Waals surface area contributed by atoms with Gasteiger partial charge < -0.3 is 43.4 Å². The molecule has 2 aromatic carbocycles. The second-order valence-corrected chi connectivity index (χ2v) is 10.9. The molecule has 0 amide bonds. The first kappa shape index (κ1) is 28.7. The molecule has 10 heteroatoms. The molecule has 3 saturated heterocycles. The van der Waals surface area contributed by atoms with Crippen molar-refractivity contribution in [1.29, 1.82) is 0 Å². The van der Waals surface area contributed by atoms with Gasteiger partial charge in [0.25, 0.3) is 0 Å². The zero-order valence-electron chi connectivity index (χ0n) is 22.7. The number of aliphatic hydroxyl groups excluding tert-OH is 2. The molecule has 0 radical (unpaired) electrons. The maximum Gasteiger partial charge on any atom is 0.220 e. The Balaban J connectivity index is 1.40. The van der Waals surface area contributed by atoms with Gasteiger partial charge in [-0.1, -0.05) is 35.9 Å². The molecule has 3 aliphatic heterocycles. The smallest absolute Gasteiger partial charge is 0.220 e. The Morgan fingerprint density at radius 1 is 1.00 bits per heavy atom. The van der Waals surface area contributed by atoms with Crippen molar-refractivity contribution in [3.05, 3.63) is 64.2 Å². The Morgan fingerprint density at radius 2 is 1.69 bits per heavy atom. The largest absolute Gasteiger partial charge is 0.488 e. The van der Waals surface area contributed by atoms with E-state index in [1.165, 1.54) is 14.2 Å². The topological polar surface area (TPSA) is 105 Å². The molecule has 0 spiro atoms. The number of methoxy groups -OCH3 is 2. The predicted molar refractivity (Wildman–Crippen MR) is 142 cm³/mol. The van der Waals surface area contributed by atoms with Crippen LogP contribution in [0.15, 0.2) is 42.5 Å². The molecule has 2 unspecified atom stereocenters. The van der Waals surface area contributed by atoms with Crippen LogP contribution in [0, 0.1) is 0 Å². The summed E-state index contributed by atoms with van der Waals surface area (Å²) in [4.78, 5) is 0. The highest BCUT2D eigenvalue weighted by molar-refractivity contribution is 6.31. The van der Waals surface area contributed by atoms with Gasteiger partial charge in [0.2, 0.25) is 11.6 Å². The van der Waals surface area contributed by atoms with Gasteiger partial charge in [-0.25, -0.2) is 0 Å². The summed E-state index contributed by atoms with van der Waals surface area (Å²) in [5.41, 5.74) is 2.74. The van der Waals surface area contributed by atoms with Crippen LogP contribution in [0.1, 0.15) is 43.1 Å². The van der Waals surface area contributed by atoms with Gasteiger partial charge in [0.1, 0.15) is 42.4 Å². The Kier molecular flexibility index (Phi) is 8.54. The fourth-order valence-electron chi connectivity index (χ4n) is 5.42. The summed E-state index contributed by atoms with van der Waals surface area (Å²) < 4.78 is 41.6. The zero-order valence-corrected chi connectivity index (χ0v) is 23.4. The molecule has 3 aliphatic rings. The monoisotopic (exact) mass is 564 g/mol. The third kappa shape index (κ3) is 5.57. The standard InChI is InChI=1S/C29H37ClO9/c1-28(33-3)29(2,34-4)39-27-25(37-23(15-31)24(32)26(27)38-28)18-7-10-22(30)19(14-18)13-17-5-8-20(9-6-17)36-21-11-12-35-16-21/h5-10,14,21,23-27,31-32H,11-13,15-16H2,1-4H3/t21-,23+,24+,25-,26-,27-,28?,29?/m0/s1. The summed E-state index contributed by atoms with van der Waals surface area (Å²) >= 11 is 6.62. The van der Waals surface area contributed by atoms with Crippen molar-refractivity contribution in [2.24, 2.45) is 0 Å². The van der Waals surface area contributed by atoms with Crippen molar-refractivity contribution in [1.82, 2.24) is 0 Å². The number of rotatable bonds is 8. The van der Waals surface area contributed by atoms with Gasteiger partial charge in [-0.3, -0.25) is 0 Å². The zero-order chi connectivity index (χ0) is 27.8. The number of benzene rings is 2. The van der Waals surface area contributed by atoms with Crippen LogP contribution >= 0.6 is 11.6 Å². The Morgan fingerprint density at radius 3 is 2.31 bits per heavy atom. The van der Waals surface area contributed by atoms with Crippen LogP contribution in [0.25, 0.3) is 0 Å². The van der Waals surface area contributed by atoms with Crippen LogP contribution in [-0.4, -0.2) is 86.3 Å². The van der Waals surface area contributed by atoms with Crippen molar-refractivity contribution >= 4 is 11.6 Å². The number of hydrogen-bond acceptors (Lipinski definition) is 9. The molecule has 0 saturated carbocycles. The van der Waals surface area contributed by atoms with E-state index in [1.807, 2.05) is 42.5 Å². The summed E-state index contributed by atoms with van der Waals surface area (Å²) in [5, 5.41) is 21.6. The lowest BCUT2D eigenvalue weighted by atomic mass is 9.87. The average molecular weight is 565 g/mol. The number of halogens is 1. The third-order valence-corrected chi connectivity index (χ3v) is 8.44. The minimum Gasteiger partial charge on any atom is -0.488 e. The van der Waals surface area contributed by atoms with Gasteiger partial charge in [-0.2, -0.15) is 0 Å². The Bertz CT molecular complexity index is 1120. The molecule has 214 valence electrons. The van der Waals surface area contributed by atoms with Crippen molar-refractivity contribution in [2.75, 3.05) is 34.0 Å². The van der Waals surface area contributed by atoms with Crippen molar-refractivity contribution < 1.29 is 43.4 Å². The highest BCUT2D eigenvalue weighted by atomic mass is 35.5. The maximum absolute atomic E-state index is 11.0. The maximum atomic E-state index is 11.0. The molecule has 0 bridgehead atoms. The number of ether oxygens (including phenoxy) is 7. The van der Waals surface area contributed by atoms with Crippen LogP contribution in [0.2, 0.25) is 5.02 Å². The lowest BCUT2D eigenvalue weighted by Crippen LogP contribution is -2.71. The van der Waals surface area contributed by atoms with Crippen LogP contribution in [0.4, 0.5) is 0 Å². The first-order chi connectivity index (χ1) is 18.7. The molecule has 3 fully saturated rings. The van der Waals surface area contributed by atoms with Crippen LogP contribution in [0.3, 0.4) is 0 Å². The fraction of sp³-hybridized carbons (Fsp3) is 0.586. The Hall–Kier alpha value is -1.79. The van der Waals surface area contributed by atoms with Crippen molar-refractivity contribution in [3.63, 3.8) is 0 Å². The highest BCUT2D eigenvalue weighted by Gasteiger charge is 2.62. The van der Waals surface area contributed by atoms with Crippen LogP contribution < -0.4 is 4.74 Å². The van der Waals surface area contributed by atoms with E-state index in [-0.39, 0.29) is 6.10 Å².